The molecule has 0 aromatic heterocycles. The average molecular weight is 180 g/mol. The first-order valence-electron chi connectivity index (χ1n) is 4.32. The minimum absolute atomic E-state index is 0.167. The molecule has 0 bridgehead atoms. The van der Waals surface area contributed by atoms with Gasteiger partial charge < -0.3 is 14.6 Å². The van der Waals surface area contributed by atoms with Crippen molar-refractivity contribution in [2.24, 2.45) is 0 Å². The van der Waals surface area contributed by atoms with E-state index in [1.807, 2.05) is 19.1 Å². The first kappa shape index (κ1) is 8.38. The Labute approximate surface area is 76.9 Å². The van der Waals surface area contributed by atoms with Gasteiger partial charge in [-0.15, -0.1) is 0 Å². The van der Waals surface area contributed by atoms with Crippen molar-refractivity contribution in [3.8, 4) is 11.5 Å². The van der Waals surface area contributed by atoms with Crippen LogP contribution in [-0.4, -0.2) is 18.5 Å². The quantitative estimate of drug-likeness (QED) is 0.744. The molecule has 1 aliphatic rings. The summed E-state index contributed by atoms with van der Waals surface area (Å²) in [4.78, 5) is 0. The number of fused-ring (bicyclic) bond motifs is 1. The Bertz CT molecular complexity index is 320. The first-order chi connectivity index (χ1) is 6.33. The monoisotopic (exact) mass is 180 g/mol. The third-order valence-corrected chi connectivity index (χ3v) is 2.28. The maximum absolute atomic E-state index is 8.82. The Hall–Kier alpha value is -1.22. The molecule has 3 heteroatoms. The lowest BCUT2D eigenvalue weighted by atomic mass is 10.0. The Morgan fingerprint density at radius 3 is 3.00 bits per heavy atom. The average Bonchev–Trinajstić information content (AvgIpc) is 2.58. The van der Waals surface area contributed by atoms with Crippen LogP contribution in [-0.2, 0) is 6.42 Å². The highest BCUT2D eigenvalue weighted by Crippen LogP contribution is 2.36. The van der Waals surface area contributed by atoms with E-state index in [0.717, 1.165) is 22.6 Å². The Kier molecular flexibility index (Phi) is 2.10. The lowest BCUT2D eigenvalue weighted by Gasteiger charge is -2.06. The van der Waals surface area contributed by atoms with E-state index in [2.05, 4.69) is 0 Å². The lowest BCUT2D eigenvalue weighted by Crippen LogP contribution is -1.96. The van der Waals surface area contributed by atoms with Crippen molar-refractivity contribution in [3.63, 3.8) is 0 Å². The minimum Gasteiger partial charge on any atom is -0.454 e. The van der Waals surface area contributed by atoms with Crippen molar-refractivity contribution in [1.82, 2.24) is 0 Å². The van der Waals surface area contributed by atoms with Crippen LogP contribution in [0.4, 0.5) is 0 Å². The molecule has 1 heterocycles. The molecule has 3 nitrogen and oxygen atoms in total. The molecular weight excluding hydrogens is 168 g/mol. The van der Waals surface area contributed by atoms with Gasteiger partial charge in [0.25, 0.3) is 0 Å². The zero-order valence-electron chi connectivity index (χ0n) is 7.54. The lowest BCUT2D eigenvalue weighted by molar-refractivity contribution is 0.173. The van der Waals surface area contributed by atoms with E-state index in [0.29, 0.717) is 13.2 Å². The Morgan fingerprint density at radius 1 is 1.38 bits per heavy atom. The van der Waals surface area contributed by atoms with Crippen molar-refractivity contribution in [2.75, 3.05) is 13.4 Å². The van der Waals surface area contributed by atoms with Crippen molar-refractivity contribution in [1.29, 1.82) is 0 Å². The van der Waals surface area contributed by atoms with Gasteiger partial charge in [-0.3, -0.25) is 0 Å². The van der Waals surface area contributed by atoms with E-state index in [1.54, 1.807) is 0 Å². The van der Waals surface area contributed by atoms with E-state index in [4.69, 9.17) is 14.6 Å². The van der Waals surface area contributed by atoms with Gasteiger partial charge in [0.15, 0.2) is 11.5 Å². The molecule has 1 aliphatic heterocycles. The third kappa shape index (κ3) is 1.35. The number of ether oxygens (including phenoxy) is 2. The molecule has 2 rings (SSSR count). The molecule has 0 fully saturated rings. The van der Waals surface area contributed by atoms with Crippen LogP contribution in [0.25, 0.3) is 0 Å². The number of aliphatic hydroxyl groups excluding tert-OH is 1. The normalized spacial score (nSPS) is 13.4. The second kappa shape index (κ2) is 3.26. The summed E-state index contributed by atoms with van der Waals surface area (Å²) < 4.78 is 10.5. The Balaban J connectivity index is 2.40. The summed E-state index contributed by atoms with van der Waals surface area (Å²) in [7, 11) is 0. The highest BCUT2D eigenvalue weighted by Gasteiger charge is 2.17. The number of benzene rings is 1. The molecule has 0 unspecified atom stereocenters. The van der Waals surface area contributed by atoms with Gasteiger partial charge in [0.2, 0.25) is 6.79 Å². The van der Waals surface area contributed by atoms with Crippen LogP contribution >= 0.6 is 0 Å². The van der Waals surface area contributed by atoms with Crippen molar-refractivity contribution < 1.29 is 14.6 Å². The van der Waals surface area contributed by atoms with Crippen LogP contribution in [0.15, 0.2) is 12.1 Å². The van der Waals surface area contributed by atoms with Gasteiger partial charge in [0.1, 0.15) is 0 Å². The van der Waals surface area contributed by atoms with Gasteiger partial charge in [0, 0.05) is 6.61 Å². The van der Waals surface area contributed by atoms with Gasteiger partial charge in [-0.1, -0.05) is 6.07 Å². The molecule has 0 saturated carbocycles. The van der Waals surface area contributed by atoms with E-state index < -0.39 is 0 Å². The molecule has 1 aromatic rings. The molecule has 0 atom stereocenters. The summed E-state index contributed by atoms with van der Waals surface area (Å²) in [5.41, 5.74) is 2.19. The minimum atomic E-state index is 0.167. The van der Waals surface area contributed by atoms with E-state index >= 15 is 0 Å². The summed E-state index contributed by atoms with van der Waals surface area (Å²) in [6.45, 7) is 2.46. The zero-order chi connectivity index (χ0) is 9.26. The largest absolute Gasteiger partial charge is 0.454 e. The summed E-state index contributed by atoms with van der Waals surface area (Å²) in [6, 6.07) is 3.86. The predicted octanol–water partition coefficient (Wildman–Crippen LogP) is 1.26. The number of hydrogen-bond acceptors (Lipinski definition) is 3. The van der Waals surface area contributed by atoms with Crippen molar-refractivity contribution in [2.45, 2.75) is 13.3 Å². The van der Waals surface area contributed by atoms with Gasteiger partial charge in [-0.05, 0) is 30.5 Å². The molecule has 0 spiro atoms. The highest BCUT2D eigenvalue weighted by atomic mass is 16.7. The highest BCUT2D eigenvalue weighted by molar-refractivity contribution is 5.51. The van der Waals surface area contributed by atoms with Crippen LogP contribution in [0.3, 0.4) is 0 Å². The molecule has 1 N–H and O–H groups in total. The van der Waals surface area contributed by atoms with Crippen LogP contribution in [0.5, 0.6) is 11.5 Å². The molecule has 0 saturated heterocycles. The number of rotatable bonds is 2. The summed E-state index contributed by atoms with van der Waals surface area (Å²) in [5.74, 6) is 1.63. The molecule has 0 radical (unpaired) electrons. The topological polar surface area (TPSA) is 38.7 Å². The standard InChI is InChI=1S/C10H12O3/c1-7-8(4-5-11)2-3-9-10(7)13-6-12-9/h2-3,11H,4-6H2,1H3. The second-order valence-electron chi connectivity index (χ2n) is 3.06. The summed E-state index contributed by atoms with van der Waals surface area (Å²) >= 11 is 0. The molecule has 1 aromatic carbocycles. The fraction of sp³-hybridized carbons (Fsp3) is 0.400. The van der Waals surface area contributed by atoms with Gasteiger partial charge in [-0.2, -0.15) is 0 Å². The maximum Gasteiger partial charge on any atom is 0.231 e. The van der Waals surface area contributed by atoms with Gasteiger partial charge in [0.05, 0.1) is 0 Å². The SMILES string of the molecule is Cc1c(CCO)ccc2c1OCO2. The van der Waals surface area contributed by atoms with Crippen LogP contribution in [0.2, 0.25) is 0 Å². The molecular formula is C10H12O3. The molecule has 0 aliphatic carbocycles. The van der Waals surface area contributed by atoms with Crippen LogP contribution in [0.1, 0.15) is 11.1 Å². The Morgan fingerprint density at radius 2 is 2.23 bits per heavy atom. The van der Waals surface area contributed by atoms with Gasteiger partial charge in [-0.25, -0.2) is 0 Å². The number of aliphatic hydroxyl groups is 1. The molecule has 13 heavy (non-hydrogen) atoms. The van der Waals surface area contributed by atoms with Crippen LogP contribution < -0.4 is 9.47 Å². The van der Waals surface area contributed by atoms with E-state index in [-0.39, 0.29) is 6.61 Å². The van der Waals surface area contributed by atoms with E-state index in [1.165, 1.54) is 0 Å². The second-order valence-corrected chi connectivity index (χ2v) is 3.06. The van der Waals surface area contributed by atoms with E-state index in [9.17, 15) is 0 Å². The summed E-state index contributed by atoms with van der Waals surface area (Å²) in [5, 5.41) is 8.82. The third-order valence-electron chi connectivity index (χ3n) is 2.28. The summed E-state index contributed by atoms with van der Waals surface area (Å²) in [6.07, 6.45) is 0.669. The maximum atomic E-state index is 8.82. The van der Waals surface area contributed by atoms with Crippen molar-refractivity contribution in [3.05, 3.63) is 23.3 Å². The fourth-order valence-corrected chi connectivity index (χ4v) is 1.54. The fourth-order valence-electron chi connectivity index (χ4n) is 1.54. The van der Waals surface area contributed by atoms with Crippen molar-refractivity contribution >= 4 is 0 Å². The first-order valence-corrected chi connectivity index (χ1v) is 4.32. The predicted molar refractivity (Wildman–Crippen MR) is 48.1 cm³/mol. The van der Waals surface area contributed by atoms with Gasteiger partial charge >= 0.3 is 0 Å². The molecule has 0 amide bonds. The molecule has 70 valence electrons. The number of hydrogen-bond donors (Lipinski definition) is 1. The smallest absolute Gasteiger partial charge is 0.231 e. The van der Waals surface area contributed by atoms with Crippen LogP contribution in [0, 0.1) is 6.92 Å². The zero-order valence-corrected chi connectivity index (χ0v) is 7.54.